The average Bonchev–Trinajstić information content (AvgIpc) is 2.38. The lowest BCUT2D eigenvalue weighted by molar-refractivity contribution is -0.114. The number of amidine groups is 1. The van der Waals surface area contributed by atoms with E-state index < -0.39 is 23.2 Å². The van der Waals surface area contributed by atoms with Crippen molar-refractivity contribution >= 4 is 6.02 Å². The fourth-order valence-corrected chi connectivity index (χ4v) is 2.83. The van der Waals surface area contributed by atoms with Crippen LogP contribution in [0.4, 0.5) is 13.2 Å². The Morgan fingerprint density at radius 3 is 2.71 bits per heavy atom. The molecule has 2 N–H and O–H groups in total. The average molecular weight is 300 g/mol. The van der Waals surface area contributed by atoms with Gasteiger partial charge in [0.1, 0.15) is 18.0 Å². The van der Waals surface area contributed by atoms with Gasteiger partial charge in [-0.25, -0.2) is 18.2 Å². The minimum atomic E-state index is -3.02. The summed E-state index contributed by atoms with van der Waals surface area (Å²) in [6, 6.07) is 5.61. The number of hydrogen-bond donors (Lipinski definition) is 1. The summed E-state index contributed by atoms with van der Waals surface area (Å²) in [5.41, 5.74) is 4.19. The van der Waals surface area contributed by atoms with E-state index in [2.05, 4.69) is 4.99 Å². The van der Waals surface area contributed by atoms with Gasteiger partial charge in [-0.2, -0.15) is 0 Å². The van der Waals surface area contributed by atoms with E-state index >= 15 is 0 Å². The van der Waals surface area contributed by atoms with Crippen LogP contribution in [0.3, 0.4) is 0 Å². The molecule has 1 aromatic rings. The minimum Gasteiger partial charge on any atom is -0.465 e. The van der Waals surface area contributed by atoms with Gasteiger partial charge in [-0.15, -0.1) is 0 Å². The number of ether oxygens (including phenoxy) is 1. The molecular formula is C15H19F3N2O. The number of hydrogen-bond acceptors (Lipinski definition) is 3. The normalized spacial score (nSPS) is 26.1. The largest absolute Gasteiger partial charge is 0.465 e. The summed E-state index contributed by atoms with van der Waals surface area (Å²) in [5, 5.41) is 0. The third-order valence-electron chi connectivity index (χ3n) is 3.93. The van der Waals surface area contributed by atoms with Gasteiger partial charge in [-0.3, -0.25) is 0 Å². The van der Waals surface area contributed by atoms with Gasteiger partial charge in [0.2, 0.25) is 0 Å². The molecule has 0 saturated carbocycles. The molecule has 0 aliphatic carbocycles. The van der Waals surface area contributed by atoms with Crippen molar-refractivity contribution in [3.05, 3.63) is 35.6 Å². The van der Waals surface area contributed by atoms with Crippen LogP contribution in [0.15, 0.2) is 29.3 Å². The molecule has 1 aromatic carbocycles. The monoisotopic (exact) mass is 300 g/mol. The molecule has 0 bridgehead atoms. The molecule has 1 aliphatic rings. The van der Waals surface area contributed by atoms with Gasteiger partial charge in [-0.05, 0) is 13.0 Å². The molecule has 0 aromatic heterocycles. The summed E-state index contributed by atoms with van der Waals surface area (Å²) < 4.78 is 48.0. The second-order valence-corrected chi connectivity index (χ2v) is 5.45. The molecule has 1 aliphatic heterocycles. The Kier molecular flexibility index (Phi) is 4.16. The van der Waals surface area contributed by atoms with Crippen molar-refractivity contribution < 1.29 is 17.9 Å². The third-order valence-corrected chi connectivity index (χ3v) is 3.93. The highest BCUT2D eigenvalue weighted by Crippen LogP contribution is 2.46. The molecule has 0 unspecified atom stereocenters. The Morgan fingerprint density at radius 2 is 2.10 bits per heavy atom. The first-order valence-corrected chi connectivity index (χ1v) is 6.92. The lowest BCUT2D eigenvalue weighted by atomic mass is 9.75. The topological polar surface area (TPSA) is 47.6 Å². The first kappa shape index (κ1) is 15.7. The molecule has 0 saturated heterocycles. The summed E-state index contributed by atoms with van der Waals surface area (Å²) in [7, 11) is 0. The number of nitrogens with zero attached hydrogens (tertiary/aromatic N) is 1. The van der Waals surface area contributed by atoms with Crippen molar-refractivity contribution in [2.24, 2.45) is 16.6 Å². The third kappa shape index (κ3) is 2.84. The van der Waals surface area contributed by atoms with Crippen molar-refractivity contribution in [1.29, 1.82) is 0 Å². The molecule has 1 heterocycles. The van der Waals surface area contributed by atoms with Gasteiger partial charge in [0.25, 0.3) is 11.9 Å². The van der Waals surface area contributed by atoms with Gasteiger partial charge in [-0.1, -0.05) is 31.5 Å². The summed E-state index contributed by atoms with van der Waals surface area (Å²) in [5.74, 6) is -4.86. The molecule has 0 fully saturated rings. The first-order valence-electron chi connectivity index (χ1n) is 6.92. The Morgan fingerprint density at radius 1 is 1.43 bits per heavy atom. The predicted molar refractivity (Wildman–Crippen MR) is 74.7 cm³/mol. The van der Waals surface area contributed by atoms with E-state index in [1.165, 1.54) is 25.1 Å². The van der Waals surface area contributed by atoms with E-state index in [4.69, 9.17) is 10.5 Å². The molecule has 2 rings (SSSR count). The molecule has 6 heteroatoms. The molecule has 3 nitrogen and oxygen atoms in total. The standard InChI is InChI=1S/C15H19F3N2O/c1-3-8-15(17,18)12-9-21-13(19)20-14(12,2)10-6-4-5-7-11(10)16/h4-7,12H,3,8-9H2,1-2H3,(H2,19,20)/t12-,14+/m0/s1. The summed E-state index contributed by atoms with van der Waals surface area (Å²) in [4.78, 5) is 4.03. The molecule has 116 valence electrons. The van der Waals surface area contributed by atoms with Gasteiger partial charge >= 0.3 is 0 Å². The maximum atomic E-state index is 14.4. The van der Waals surface area contributed by atoms with Crippen LogP contribution in [0, 0.1) is 11.7 Å². The predicted octanol–water partition coefficient (Wildman–Crippen LogP) is 3.44. The number of alkyl halides is 2. The Labute approximate surface area is 122 Å². The fraction of sp³-hybridized carbons (Fsp3) is 0.533. The quantitative estimate of drug-likeness (QED) is 0.926. The smallest absolute Gasteiger partial charge is 0.282 e. The number of benzene rings is 1. The van der Waals surface area contributed by atoms with Crippen molar-refractivity contribution in [3.63, 3.8) is 0 Å². The maximum Gasteiger partial charge on any atom is 0.282 e. The van der Waals surface area contributed by atoms with E-state index in [1.807, 2.05) is 0 Å². The van der Waals surface area contributed by atoms with Crippen molar-refractivity contribution in [3.8, 4) is 0 Å². The number of halogens is 3. The lowest BCUT2D eigenvalue weighted by Crippen LogP contribution is -2.50. The number of aliphatic imine (C=N–C) groups is 1. The van der Waals surface area contributed by atoms with E-state index in [9.17, 15) is 13.2 Å². The van der Waals surface area contributed by atoms with Crippen LogP contribution in [0.1, 0.15) is 32.3 Å². The van der Waals surface area contributed by atoms with Crippen LogP contribution in [0.5, 0.6) is 0 Å². The zero-order valence-electron chi connectivity index (χ0n) is 12.1. The Balaban J connectivity index is 2.54. The Bertz CT molecular complexity index is 547. The summed E-state index contributed by atoms with van der Waals surface area (Å²) >= 11 is 0. The van der Waals surface area contributed by atoms with Crippen LogP contribution in [0.2, 0.25) is 0 Å². The fourth-order valence-electron chi connectivity index (χ4n) is 2.83. The number of nitrogens with two attached hydrogens (primary N) is 1. The van der Waals surface area contributed by atoms with E-state index in [1.54, 1.807) is 13.0 Å². The number of rotatable bonds is 4. The van der Waals surface area contributed by atoms with Crippen molar-refractivity contribution in [1.82, 2.24) is 0 Å². The summed E-state index contributed by atoms with van der Waals surface area (Å²) in [6.07, 6.45) is 0.0105. The molecule has 21 heavy (non-hydrogen) atoms. The van der Waals surface area contributed by atoms with Crippen LogP contribution in [-0.4, -0.2) is 18.6 Å². The summed E-state index contributed by atoms with van der Waals surface area (Å²) in [6.45, 7) is 2.87. The second kappa shape index (κ2) is 5.58. The second-order valence-electron chi connectivity index (χ2n) is 5.45. The van der Waals surface area contributed by atoms with Gasteiger partial charge in [0.15, 0.2) is 0 Å². The van der Waals surface area contributed by atoms with E-state index in [-0.39, 0.29) is 24.6 Å². The zero-order valence-corrected chi connectivity index (χ0v) is 12.1. The van der Waals surface area contributed by atoms with Crippen LogP contribution in [0.25, 0.3) is 0 Å². The minimum absolute atomic E-state index is 0.108. The highest BCUT2D eigenvalue weighted by Gasteiger charge is 2.54. The molecule has 0 amide bonds. The van der Waals surface area contributed by atoms with Crippen LogP contribution >= 0.6 is 0 Å². The van der Waals surface area contributed by atoms with Gasteiger partial charge in [0.05, 0.1) is 5.92 Å². The van der Waals surface area contributed by atoms with Crippen molar-refractivity contribution in [2.75, 3.05) is 6.61 Å². The van der Waals surface area contributed by atoms with Gasteiger partial charge in [0, 0.05) is 12.0 Å². The van der Waals surface area contributed by atoms with Gasteiger partial charge < -0.3 is 10.5 Å². The van der Waals surface area contributed by atoms with E-state index in [0.717, 1.165) is 0 Å². The molecule has 2 atom stereocenters. The zero-order chi connectivity index (χ0) is 15.7. The highest BCUT2D eigenvalue weighted by molar-refractivity contribution is 5.73. The first-order chi connectivity index (χ1) is 9.81. The maximum absolute atomic E-state index is 14.4. The van der Waals surface area contributed by atoms with E-state index in [0.29, 0.717) is 6.42 Å². The molecular weight excluding hydrogens is 281 g/mol. The Hall–Kier alpha value is -1.72. The van der Waals surface area contributed by atoms with Crippen molar-refractivity contribution in [2.45, 2.75) is 38.2 Å². The van der Waals surface area contributed by atoms with Crippen LogP contribution in [-0.2, 0) is 10.3 Å². The lowest BCUT2D eigenvalue weighted by Gasteiger charge is -2.41. The SMILES string of the molecule is CCCC(F)(F)[C@H]1COC(N)=N[C@]1(C)c1ccccc1F. The highest BCUT2D eigenvalue weighted by atomic mass is 19.3. The van der Waals surface area contributed by atoms with Crippen LogP contribution < -0.4 is 5.73 Å². The molecule has 0 spiro atoms. The molecule has 0 radical (unpaired) electrons.